The molecule has 0 spiro atoms. The molecule has 0 aromatic carbocycles. The minimum atomic E-state index is -0.383. The fraction of sp³-hybridized carbons (Fsp3) is 0.600. The number of anilines is 1. The van der Waals surface area contributed by atoms with Crippen LogP contribution in [0.25, 0.3) is 0 Å². The molecular formula is C10H14ClN3O. The number of aliphatic hydroxyl groups excluding tert-OH is 1. The SMILES string of the molecule is Cc1nc(Cl)cc(NC2(C(C)O)CC2)n1. The van der Waals surface area contributed by atoms with Gasteiger partial charge in [0.25, 0.3) is 0 Å². The first-order valence-corrected chi connectivity index (χ1v) is 5.37. The van der Waals surface area contributed by atoms with Gasteiger partial charge in [-0.1, -0.05) is 11.6 Å². The van der Waals surface area contributed by atoms with Gasteiger partial charge in [0.1, 0.15) is 16.8 Å². The van der Waals surface area contributed by atoms with Gasteiger partial charge in [-0.3, -0.25) is 0 Å². The summed E-state index contributed by atoms with van der Waals surface area (Å²) in [5.74, 6) is 1.32. The van der Waals surface area contributed by atoms with Gasteiger partial charge >= 0.3 is 0 Å². The summed E-state index contributed by atoms with van der Waals surface area (Å²) in [4.78, 5) is 8.21. The van der Waals surface area contributed by atoms with Gasteiger partial charge in [-0.2, -0.15) is 0 Å². The molecule has 1 aromatic rings. The molecule has 1 atom stereocenters. The van der Waals surface area contributed by atoms with E-state index in [0.717, 1.165) is 12.8 Å². The highest BCUT2D eigenvalue weighted by Gasteiger charge is 2.47. The summed E-state index contributed by atoms with van der Waals surface area (Å²) in [6.07, 6.45) is 1.54. The van der Waals surface area contributed by atoms with Crippen LogP contribution in [0.5, 0.6) is 0 Å². The third-order valence-corrected chi connectivity index (χ3v) is 2.97. The molecule has 1 saturated carbocycles. The van der Waals surface area contributed by atoms with Crippen molar-refractivity contribution in [2.75, 3.05) is 5.32 Å². The maximum Gasteiger partial charge on any atom is 0.134 e. The molecule has 0 amide bonds. The number of aryl methyl sites for hydroxylation is 1. The Labute approximate surface area is 93.7 Å². The molecule has 0 bridgehead atoms. The second-order valence-electron chi connectivity index (χ2n) is 4.08. The molecule has 1 aliphatic rings. The molecule has 1 unspecified atom stereocenters. The number of aromatic nitrogens is 2. The molecule has 1 heterocycles. The van der Waals surface area contributed by atoms with Crippen LogP contribution >= 0.6 is 11.6 Å². The average Bonchev–Trinajstić information content (AvgIpc) is 2.83. The quantitative estimate of drug-likeness (QED) is 0.773. The highest BCUT2D eigenvalue weighted by Crippen LogP contribution is 2.41. The number of hydrogen-bond donors (Lipinski definition) is 2. The zero-order chi connectivity index (χ0) is 11.1. The fourth-order valence-corrected chi connectivity index (χ4v) is 1.86. The normalized spacial score (nSPS) is 19.7. The van der Waals surface area contributed by atoms with Gasteiger partial charge in [0.15, 0.2) is 0 Å². The molecule has 1 aliphatic carbocycles. The smallest absolute Gasteiger partial charge is 0.134 e. The summed E-state index contributed by atoms with van der Waals surface area (Å²) < 4.78 is 0. The summed E-state index contributed by atoms with van der Waals surface area (Å²) >= 11 is 5.83. The topological polar surface area (TPSA) is 58.0 Å². The van der Waals surface area contributed by atoms with Gasteiger partial charge in [0.2, 0.25) is 0 Å². The third kappa shape index (κ3) is 2.21. The molecule has 5 heteroatoms. The van der Waals surface area contributed by atoms with E-state index >= 15 is 0 Å². The summed E-state index contributed by atoms with van der Waals surface area (Å²) in [7, 11) is 0. The Morgan fingerprint density at radius 2 is 2.20 bits per heavy atom. The van der Waals surface area contributed by atoms with Crippen LogP contribution in [0.1, 0.15) is 25.6 Å². The van der Waals surface area contributed by atoms with Crippen molar-refractivity contribution in [1.29, 1.82) is 0 Å². The van der Waals surface area contributed by atoms with Crippen molar-refractivity contribution < 1.29 is 5.11 Å². The highest BCUT2D eigenvalue weighted by molar-refractivity contribution is 6.29. The molecule has 0 saturated heterocycles. The van der Waals surface area contributed by atoms with Gasteiger partial charge in [0.05, 0.1) is 11.6 Å². The molecule has 1 aromatic heterocycles. The Morgan fingerprint density at radius 3 is 2.67 bits per heavy atom. The lowest BCUT2D eigenvalue weighted by Gasteiger charge is -2.21. The molecule has 0 aliphatic heterocycles. The van der Waals surface area contributed by atoms with Crippen LogP contribution < -0.4 is 5.32 Å². The molecular weight excluding hydrogens is 214 g/mol. The minimum absolute atomic E-state index is 0.204. The second-order valence-corrected chi connectivity index (χ2v) is 4.47. The molecule has 15 heavy (non-hydrogen) atoms. The van der Waals surface area contributed by atoms with Crippen LogP contribution in [0, 0.1) is 6.92 Å². The van der Waals surface area contributed by atoms with Crippen LogP contribution in [-0.2, 0) is 0 Å². The number of nitrogens with zero attached hydrogens (tertiary/aromatic N) is 2. The van der Waals surface area contributed by atoms with E-state index in [1.54, 1.807) is 19.9 Å². The van der Waals surface area contributed by atoms with Crippen LogP contribution in [0.15, 0.2) is 6.07 Å². The van der Waals surface area contributed by atoms with Crippen molar-refractivity contribution in [3.63, 3.8) is 0 Å². The maximum atomic E-state index is 9.60. The van der Waals surface area contributed by atoms with Gasteiger partial charge in [-0.05, 0) is 26.7 Å². The first-order valence-electron chi connectivity index (χ1n) is 4.99. The Morgan fingerprint density at radius 1 is 1.53 bits per heavy atom. The largest absolute Gasteiger partial charge is 0.391 e. The predicted octanol–water partition coefficient (Wildman–Crippen LogP) is 1.76. The number of aliphatic hydroxyl groups is 1. The van der Waals surface area contributed by atoms with E-state index in [9.17, 15) is 5.11 Å². The molecule has 82 valence electrons. The standard InChI is InChI=1S/C10H14ClN3O/c1-6(15)10(3-4-10)14-9-5-8(11)12-7(2)13-9/h5-6,15H,3-4H2,1-2H3,(H,12,13,14). The monoisotopic (exact) mass is 227 g/mol. The van der Waals surface area contributed by atoms with Crippen molar-refractivity contribution in [2.24, 2.45) is 0 Å². The Kier molecular flexibility index (Phi) is 2.56. The summed E-state index contributed by atoms with van der Waals surface area (Å²) in [5.41, 5.74) is -0.204. The van der Waals surface area contributed by atoms with Crippen molar-refractivity contribution in [3.05, 3.63) is 17.0 Å². The van der Waals surface area contributed by atoms with E-state index in [1.165, 1.54) is 0 Å². The van der Waals surface area contributed by atoms with E-state index in [0.29, 0.717) is 16.8 Å². The number of halogens is 1. The lowest BCUT2D eigenvalue weighted by molar-refractivity contribution is 0.162. The number of hydrogen-bond acceptors (Lipinski definition) is 4. The van der Waals surface area contributed by atoms with Crippen LogP contribution in [-0.4, -0.2) is 26.7 Å². The Hall–Kier alpha value is -0.870. The van der Waals surface area contributed by atoms with E-state index in [4.69, 9.17) is 11.6 Å². The van der Waals surface area contributed by atoms with Crippen LogP contribution in [0.3, 0.4) is 0 Å². The Balaban J connectivity index is 2.17. The summed E-state index contributed by atoms with van der Waals surface area (Å²) in [6, 6.07) is 1.68. The summed E-state index contributed by atoms with van der Waals surface area (Å²) in [5, 5.41) is 13.3. The van der Waals surface area contributed by atoms with Gasteiger partial charge < -0.3 is 10.4 Å². The number of nitrogens with one attached hydrogen (secondary N) is 1. The Bertz CT molecular complexity index is 357. The third-order valence-electron chi connectivity index (χ3n) is 2.77. The average molecular weight is 228 g/mol. The van der Waals surface area contributed by atoms with Gasteiger partial charge in [0, 0.05) is 6.07 Å². The van der Waals surface area contributed by atoms with Crippen molar-refractivity contribution in [1.82, 2.24) is 9.97 Å². The van der Waals surface area contributed by atoms with E-state index in [1.807, 2.05) is 0 Å². The lowest BCUT2D eigenvalue weighted by atomic mass is 10.1. The maximum absolute atomic E-state index is 9.60. The van der Waals surface area contributed by atoms with E-state index in [-0.39, 0.29) is 11.6 Å². The van der Waals surface area contributed by atoms with Gasteiger partial charge in [-0.25, -0.2) is 9.97 Å². The minimum Gasteiger partial charge on any atom is -0.391 e. The molecule has 0 radical (unpaired) electrons. The fourth-order valence-electron chi connectivity index (χ4n) is 1.63. The van der Waals surface area contributed by atoms with Crippen molar-refractivity contribution in [2.45, 2.75) is 38.3 Å². The molecule has 2 rings (SSSR count). The predicted molar refractivity (Wildman–Crippen MR) is 59.0 cm³/mol. The van der Waals surface area contributed by atoms with Gasteiger partial charge in [-0.15, -0.1) is 0 Å². The van der Waals surface area contributed by atoms with Crippen LogP contribution in [0.2, 0.25) is 5.15 Å². The first kappa shape index (κ1) is 10.6. The highest BCUT2D eigenvalue weighted by atomic mass is 35.5. The number of rotatable bonds is 3. The zero-order valence-electron chi connectivity index (χ0n) is 8.79. The van der Waals surface area contributed by atoms with Crippen molar-refractivity contribution in [3.8, 4) is 0 Å². The first-order chi connectivity index (χ1) is 7.02. The molecule has 4 nitrogen and oxygen atoms in total. The second kappa shape index (κ2) is 3.61. The molecule has 2 N–H and O–H groups in total. The summed E-state index contributed by atoms with van der Waals surface area (Å²) in [6.45, 7) is 3.58. The zero-order valence-corrected chi connectivity index (χ0v) is 9.54. The van der Waals surface area contributed by atoms with E-state index < -0.39 is 0 Å². The van der Waals surface area contributed by atoms with Crippen molar-refractivity contribution >= 4 is 17.4 Å². The lowest BCUT2D eigenvalue weighted by Crippen LogP contribution is -2.34. The van der Waals surface area contributed by atoms with Crippen LogP contribution in [0.4, 0.5) is 5.82 Å². The molecule has 1 fully saturated rings. The van der Waals surface area contributed by atoms with E-state index in [2.05, 4.69) is 15.3 Å².